The molecule has 0 unspecified atom stereocenters. The van der Waals surface area contributed by atoms with Crippen LogP contribution < -0.4 is 10.6 Å². The van der Waals surface area contributed by atoms with Crippen LogP contribution in [0, 0.1) is 11.3 Å². The highest BCUT2D eigenvalue weighted by Crippen LogP contribution is 2.46. The first-order chi connectivity index (χ1) is 12.0. The third kappa shape index (κ3) is 2.84. The Morgan fingerprint density at radius 3 is 2.76 bits per heavy atom. The van der Waals surface area contributed by atoms with Gasteiger partial charge in [0.15, 0.2) is 0 Å². The quantitative estimate of drug-likeness (QED) is 0.850. The number of rotatable bonds is 3. The van der Waals surface area contributed by atoms with E-state index in [4.69, 9.17) is 0 Å². The standard InChI is InChI=1S/C20H25N3OS/c1-4-20(2,3)13-5-6-14-15(11-13)25-19-16(14)18(24)22-17(23-19)12-7-9-21-10-8-12/h7-10,13,17,23H,4-6,11H2,1-3H3,(H,22,24)/t13-,17+/m0/s1. The molecule has 4 rings (SSSR count). The summed E-state index contributed by atoms with van der Waals surface area (Å²) in [5, 5.41) is 7.67. The molecule has 2 aromatic heterocycles. The first kappa shape index (κ1) is 16.6. The summed E-state index contributed by atoms with van der Waals surface area (Å²) < 4.78 is 0. The lowest BCUT2D eigenvalue weighted by Gasteiger charge is -2.36. The van der Waals surface area contributed by atoms with Gasteiger partial charge in [-0.05, 0) is 53.9 Å². The average molecular weight is 356 g/mol. The molecule has 132 valence electrons. The van der Waals surface area contributed by atoms with Gasteiger partial charge in [-0.15, -0.1) is 11.3 Å². The minimum absolute atomic E-state index is 0.0567. The number of carbonyl (C=O) groups excluding carboxylic acids is 1. The molecule has 4 nitrogen and oxygen atoms in total. The van der Waals surface area contributed by atoms with Gasteiger partial charge in [-0.2, -0.15) is 0 Å². The summed E-state index contributed by atoms with van der Waals surface area (Å²) in [6, 6.07) is 3.88. The molecule has 3 heterocycles. The van der Waals surface area contributed by atoms with Crippen LogP contribution in [0.4, 0.5) is 5.00 Å². The highest BCUT2D eigenvalue weighted by molar-refractivity contribution is 7.16. The second-order valence-electron chi connectivity index (χ2n) is 7.82. The molecule has 1 aliphatic carbocycles. The van der Waals surface area contributed by atoms with Gasteiger partial charge in [-0.1, -0.05) is 27.2 Å². The van der Waals surface area contributed by atoms with E-state index in [1.807, 2.05) is 12.1 Å². The summed E-state index contributed by atoms with van der Waals surface area (Å²) >= 11 is 1.78. The number of hydrogen-bond acceptors (Lipinski definition) is 4. The summed E-state index contributed by atoms with van der Waals surface area (Å²) in [6.45, 7) is 7.03. The minimum Gasteiger partial charge on any atom is -0.353 e. The van der Waals surface area contributed by atoms with Crippen molar-refractivity contribution in [3.63, 3.8) is 0 Å². The van der Waals surface area contributed by atoms with Crippen LogP contribution in [-0.2, 0) is 12.8 Å². The van der Waals surface area contributed by atoms with Gasteiger partial charge in [0.05, 0.1) is 5.56 Å². The van der Waals surface area contributed by atoms with E-state index in [1.54, 1.807) is 23.7 Å². The normalized spacial score (nSPS) is 22.6. The van der Waals surface area contributed by atoms with Gasteiger partial charge in [0, 0.05) is 17.3 Å². The van der Waals surface area contributed by atoms with Crippen molar-refractivity contribution >= 4 is 22.2 Å². The molecule has 1 amide bonds. The smallest absolute Gasteiger partial charge is 0.256 e. The average Bonchev–Trinajstić information content (AvgIpc) is 3.00. The molecule has 2 atom stereocenters. The number of fused-ring (bicyclic) bond motifs is 3. The first-order valence-corrected chi connectivity index (χ1v) is 9.93. The topological polar surface area (TPSA) is 54.0 Å². The lowest BCUT2D eigenvalue weighted by molar-refractivity contribution is 0.0934. The fourth-order valence-electron chi connectivity index (χ4n) is 3.98. The van der Waals surface area contributed by atoms with Gasteiger partial charge in [0.2, 0.25) is 0 Å². The summed E-state index contributed by atoms with van der Waals surface area (Å²) in [7, 11) is 0. The third-order valence-corrected chi connectivity index (χ3v) is 7.28. The van der Waals surface area contributed by atoms with Crippen molar-refractivity contribution in [2.24, 2.45) is 11.3 Å². The number of nitrogens with zero attached hydrogens (tertiary/aromatic N) is 1. The summed E-state index contributed by atoms with van der Waals surface area (Å²) in [4.78, 5) is 18.2. The molecule has 1 aliphatic heterocycles. The van der Waals surface area contributed by atoms with Crippen molar-refractivity contribution in [2.75, 3.05) is 5.32 Å². The lowest BCUT2D eigenvalue weighted by Crippen LogP contribution is -2.38. The SMILES string of the molecule is CCC(C)(C)[C@H]1CCc2c(sc3c2C(=O)N[C@@H](c2ccncc2)N3)C1. The Hall–Kier alpha value is -1.88. The van der Waals surface area contributed by atoms with Gasteiger partial charge in [0.1, 0.15) is 11.2 Å². The molecule has 2 aliphatic rings. The molecule has 5 heteroatoms. The Kier molecular flexibility index (Phi) is 4.07. The molecule has 2 N–H and O–H groups in total. The molecule has 0 spiro atoms. The zero-order valence-electron chi connectivity index (χ0n) is 15.1. The van der Waals surface area contributed by atoms with Crippen molar-refractivity contribution in [1.82, 2.24) is 10.3 Å². The second kappa shape index (κ2) is 6.13. The van der Waals surface area contributed by atoms with Crippen LogP contribution in [0.3, 0.4) is 0 Å². The zero-order chi connectivity index (χ0) is 17.6. The van der Waals surface area contributed by atoms with Crippen molar-refractivity contribution < 1.29 is 4.79 Å². The fraction of sp³-hybridized carbons (Fsp3) is 0.500. The number of pyridine rings is 1. The first-order valence-electron chi connectivity index (χ1n) is 9.11. The van der Waals surface area contributed by atoms with Gasteiger partial charge in [0.25, 0.3) is 5.91 Å². The maximum atomic E-state index is 12.8. The van der Waals surface area contributed by atoms with Gasteiger partial charge in [-0.3, -0.25) is 9.78 Å². The number of thiophene rings is 1. The number of nitrogens with one attached hydrogen (secondary N) is 2. The van der Waals surface area contributed by atoms with Crippen LogP contribution in [-0.4, -0.2) is 10.9 Å². The molecular formula is C20H25N3OS. The Morgan fingerprint density at radius 1 is 1.28 bits per heavy atom. The van der Waals surface area contributed by atoms with Gasteiger partial charge < -0.3 is 10.6 Å². The van der Waals surface area contributed by atoms with Crippen LogP contribution >= 0.6 is 11.3 Å². The molecule has 25 heavy (non-hydrogen) atoms. The maximum absolute atomic E-state index is 12.8. The van der Waals surface area contributed by atoms with Crippen LogP contribution in [0.15, 0.2) is 24.5 Å². The molecule has 0 bridgehead atoms. The van der Waals surface area contributed by atoms with Crippen LogP contribution in [0.25, 0.3) is 0 Å². The minimum atomic E-state index is -0.175. The second-order valence-corrected chi connectivity index (χ2v) is 8.93. The summed E-state index contributed by atoms with van der Waals surface area (Å²) in [5.41, 5.74) is 3.56. The number of aromatic nitrogens is 1. The van der Waals surface area contributed by atoms with Crippen molar-refractivity contribution in [3.05, 3.63) is 46.1 Å². The Labute approximate surface area is 153 Å². The molecule has 0 radical (unpaired) electrons. The highest BCUT2D eigenvalue weighted by atomic mass is 32.1. The Balaban J connectivity index is 1.64. The summed E-state index contributed by atoms with van der Waals surface area (Å²) in [5.74, 6) is 0.755. The Bertz CT molecular complexity index is 797. The van der Waals surface area contributed by atoms with E-state index in [1.165, 1.54) is 23.3 Å². The predicted molar refractivity (Wildman–Crippen MR) is 102 cm³/mol. The molecule has 0 saturated heterocycles. The van der Waals surface area contributed by atoms with Crippen molar-refractivity contribution in [3.8, 4) is 0 Å². The summed E-state index contributed by atoms with van der Waals surface area (Å²) in [6.07, 6.45) is 7.84. The fourth-order valence-corrected chi connectivity index (χ4v) is 5.33. The van der Waals surface area contributed by atoms with E-state index in [0.29, 0.717) is 11.3 Å². The van der Waals surface area contributed by atoms with Crippen molar-refractivity contribution in [2.45, 2.75) is 52.6 Å². The third-order valence-electron chi connectivity index (χ3n) is 6.10. The van der Waals surface area contributed by atoms with E-state index in [9.17, 15) is 4.79 Å². The monoisotopic (exact) mass is 355 g/mol. The highest BCUT2D eigenvalue weighted by Gasteiger charge is 2.37. The Morgan fingerprint density at radius 2 is 2.04 bits per heavy atom. The maximum Gasteiger partial charge on any atom is 0.256 e. The van der Waals surface area contributed by atoms with Crippen molar-refractivity contribution in [1.29, 1.82) is 0 Å². The predicted octanol–water partition coefficient (Wildman–Crippen LogP) is 4.54. The number of anilines is 1. The molecular weight excluding hydrogens is 330 g/mol. The van der Waals surface area contributed by atoms with E-state index in [0.717, 1.165) is 29.0 Å². The van der Waals surface area contributed by atoms with Crippen LogP contribution in [0.1, 0.15) is 66.1 Å². The number of amides is 1. The van der Waals surface area contributed by atoms with Crippen LogP contribution in [0.2, 0.25) is 0 Å². The van der Waals surface area contributed by atoms with E-state index < -0.39 is 0 Å². The van der Waals surface area contributed by atoms with Crippen LogP contribution in [0.5, 0.6) is 0 Å². The van der Waals surface area contributed by atoms with E-state index >= 15 is 0 Å². The van der Waals surface area contributed by atoms with Gasteiger partial charge >= 0.3 is 0 Å². The number of carbonyl (C=O) groups is 1. The molecule has 0 aromatic carbocycles. The lowest BCUT2D eigenvalue weighted by atomic mass is 9.69. The van der Waals surface area contributed by atoms with Gasteiger partial charge in [-0.25, -0.2) is 0 Å². The zero-order valence-corrected chi connectivity index (χ0v) is 15.9. The largest absolute Gasteiger partial charge is 0.353 e. The van der Waals surface area contributed by atoms with E-state index in [2.05, 4.69) is 36.4 Å². The molecule has 0 saturated carbocycles. The molecule has 2 aromatic rings. The molecule has 0 fully saturated rings. The van der Waals surface area contributed by atoms with E-state index in [-0.39, 0.29) is 12.1 Å². The number of hydrogen-bond donors (Lipinski definition) is 2.